The molecular weight excluding hydrogens is 524 g/mol. The van der Waals surface area contributed by atoms with Crippen LogP contribution in [0.2, 0.25) is 5.02 Å². The SMILES string of the molecule is Cl.Cl.NC[C@]1(c2cccc(Cl)c2)CC[C@@H](N2CCc3c(nc(C(F)(F)F)nc3C3CC3)C2=O)CC1. The number of benzene rings is 1. The van der Waals surface area contributed by atoms with Crippen molar-refractivity contribution < 1.29 is 18.0 Å². The first-order valence-electron chi connectivity index (χ1n) is 11.5. The molecule has 0 bridgehead atoms. The monoisotopic (exact) mass is 550 g/mol. The number of fused-ring (bicyclic) bond motifs is 1. The number of nitrogens with zero attached hydrogens (tertiary/aromatic N) is 3. The van der Waals surface area contributed by atoms with Crippen molar-refractivity contribution in [1.82, 2.24) is 14.9 Å². The molecule has 5 rings (SSSR count). The van der Waals surface area contributed by atoms with Crippen LogP contribution in [-0.2, 0) is 18.0 Å². The van der Waals surface area contributed by atoms with Gasteiger partial charge in [0.1, 0.15) is 5.69 Å². The highest BCUT2D eigenvalue weighted by atomic mass is 35.5. The van der Waals surface area contributed by atoms with Gasteiger partial charge in [-0.1, -0.05) is 23.7 Å². The van der Waals surface area contributed by atoms with Gasteiger partial charge in [0.15, 0.2) is 0 Å². The van der Waals surface area contributed by atoms with Crippen molar-refractivity contribution in [2.75, 3.05) is 13.1 Å². The van der Waals surface area contributed by atoms with Crippen LogP contribution < -0.4 is 5.73 Å². The predicted octanol–water partition coefficient (Wildman–Crippen LogP) is 5.71. The lowest BCUT2D eigenvalue weighted by Gasteiger charge is -2.44. The summed E-state index contributed by atoms with van der Waals surface area (Å²) in [6.45, 7) is 0.960. The smallest absolute Gasteiger partial charge is 0.334 e. The van der Waals surface area contributed by atoms with E-state index in [2.05, 4.69) is 9.97 Å². The summed E-state index contributed by atoms with van der Waals surface area (Å²) in [6.07, 6.45) is 0.487. The molecule has 1 aliphatic heterocycles. The molecule has 0 radical (unpaired) electrons. The first-order chi connectivity index (χ1) is 15.7. The molecule has 2 saturated carbocycles. The second-order valence-electron chi connectivity index (χ2n) is 9.51. The van der Waals surface area contributed by atoms with Crippen molar-refractivity contribution in [2.24, 2.45) is 5.73 Å². The van der Waals surface area contributed by atoms with Crippen molar-refractivity contribution >= 4 is 42.3 Å². The van der Waals surface area contributed by atoms with Gasteiger partial charge in [-0.05, 0) is 62.6 Å². The number of amides is 1. The fraction of sp³-hybridized carbons (Fsp3) is 0.542. The van der Waals surface area contributed by atoms with Gasteiger partial charge >= 0.3 is 6.18 Å². The zero-order chi connectivity index (χ0) is 23.4. The number of rotatable bonds is 4. The first kappa shape index (κ1) is 28.0. The summed E-state index contributed by atoms with van der Waals surface area (Å²) in [5.41, 5.74) is 8.06. The Morgan fingerprint density at radius 1 is 1.11 bits per heavy atom. The quantitative estimate of drug-likeness (QED) is 0.529. The van der Waals surface area contributed by atoms with E-state index in [9.17, 15) is 18.0 Å². The van der Waals surface area contributed by atoms with Crippen LogP contribution in [0.5, 0.6) is 0 Å². The molecule has 2 heterocycles. The van der Waals surface area contributed by atoms with Crippen LogP contribution in [0.1, 0.15) is 77.6 Å². The van der Waals surface area contributed by atoms with Crippen LogP contribution in [0.15, 0.2) is 24.3 Å². The van der Waals surface area contributed by atoms with E-state index >= 15 is 0 Å². The van der Waals surface area contributed by atoms with Gasteiger partial charge in [-0.15, -0.1) is 24.8 Å². The summed E-state index contributed by atoms with van der Waals surface area (Å²) in [7, 11) is 0. The maximum atomic E-state index is 13.4. The number of alkyl halides is 3. The van der Waals surface area contributed by atoms with E-state index in [-0.39, 0.29) is 47.9 Å². The van der Waals surface area contributed by atoms with Gasteiger partial charge in [-0.25, -0.2) is 9.97 Å². The molecular formula is C24H28Cl3F3N4O. The lowest BCUT2D eigenvalue weighted by atomic mass is 9.68. The van der Waals surface area contributed by atoms with Crippen LogP contribution in [0.25, 0.3) is 0 Å². The molecule has 0 saturated heterocycles. The maximum Gasteiger partial charge on any atom is 0.451 e. The zero-order valence-electron chi connectivity index (χ0n) is 19.0. The summed E-state index contributed by atoms with van der Waals surface area (Å²) < 4.78 is 40.3. The van der Waals surface area contributed by atoms with Crippen LogP contribution >= 0.6 is 36.4 Å². The highest BCUT2D eigenvalue weighted by Gasteiger charge is 2.44. The van der Waals surface area contributed by atoms with Crippen LogP contribution in [0.4, 0.5) is 13.2 Å². The van der Waals surface area contributed by atoms with Gasteiger partial charge in [0.2, 0.25) is 5.82 Å². The molecule has 2 fully saturated rings. The standard InChI is InChI=1S/C24H26ClF3N4O.2ClH/c25-16-3-1-2-15(12-16)23(13-29)9-6-17(7-10-23)32-11-8-18-19(14-4-5-14)30-22(24(26,27)28)31-20(18)21(32)33;;/h1-3,12,14,17H,4-11,13,29H2;2*1H/t17-,23+;;. The van der Waals surface area contributed by atoms with Gasteiger partial charge in [-0.2, -0.15) is 13.2 Å². The minimum atomic E-state index is -4.68. The van der Waals surface area contributed by atoms with Crippen molar-refractivity contribution in [1.29, 1.82) is 0 Å². The molecule has 0 atom stereocenters. The van der Waals surface area contributed by atoms with Gasteiger partial charge < -0.3 is 10.6 Å². The molecule has 1 aromatic carbocycles. The molecule has 0 spiro atoms. The van der Waals surface area contributed by atoms with E-state index in [0.717, 1.165) is 44.1 Å². The van der Waals surface area contributed by atoms with Crippen LogP contribution in [-0.4, -0.2) is 39.9 Å². The summed E-state index contributed by atoms with van der Waals surface area (Å²) in [5.74, 6) is -1.59. The average molecular weight is 552 g/mol. The van der Waals surface area contributed by atoms with Gasteiger partial charge in [0.05, 0.1) is 5.69 Å². The predicted molar refractivity (Wildman–Crippen MR) is 133 cm³/mol. The molecule has 0 unspecified atom stereocenters. The molecule has 5 nitrogen and oxygen atoms in total. The highest BCUT2D eigenvalue weighted by molar-refractivity contribution is 6.30. The first-order valence-corrected chi connectivity index (χ1v) is 11.8. The number of nitrogens with two attached hydrogens (primary N) is 1. The minimum absolute atomic E-state index is 0. The van der Waals surface area contributed by atoms with Crippen LogP contribution in [0.3, 0.4) is 0 Å². The molecule has 2 aliphatic carbocycles. The summed E-state index contributed by atoms with van der Waals surface area (Å²) in [4.78, 5) is 22.6. The Labute approximate surface area is 219 Å². The van der Waals surface area contributed by atoms with Gasteiger partial charge in [-0.3, -0.25) is 4.79 Å². The molecule has 11 heteroatoms. The summed E-state index contributed by atoms with van der Waals surface area (Å²) >= 11 is 6.20. The van der Waals surface area contributed by atoms with Gasteiger partial charge in [0, 0.05) is 41.1 Å². The van der Waals surface area contributed by atoms with Crippen LogP contribution in [0, 0.1) is 0 Å². The molecule has 192 valence electrons. The van der Waals surface area contributed by atoms with E-state index in [4.69, 9.17) is 17.3 Å². The van der Waals surface area contributed by atoms with E-state index in [0.29, 0.717) is 35.8 Å². The Bertz CT molecular complexity index is 1090. The number of hydrogen-bond donors (Lipinski definition) is 1. The average Bonchev–Trinajstić information content (AvgIpc) is 3.64. The number of carbonyl (C=O) groups is 1. The third kappa shape index (κ3) is 5.26. The number of carbonyl (C=O) groups excluding carboxylic acids is 1. The highest BCUT2D eigenvalue weighted by Crippen LogP contribution is 2.45. The zero-order valence-corrected chi connectivity index (χ0v) is 21.4. The Kier molecular flexibility index (Phi) is 8.31. The number of halogens is 6. The Morgan fingerprint density at radius 3 is 2.37 bits per heavy atom. The number of hydrogen-bond acceptors (Lipinski definition) is 4. The normalized spacial score (nSPS) is 24.3. The van der Waals surface area contributed by atoms with Crippen molar-refractivity contribution in [2.45, 2.75) is 68.5 Å². The van der Waals surface area contributed by atoms with Gasteiger partial charge in [0.25, 0.3) is 5.91 Å². The van der Waals surface area contributed by atoms with Crippen molar-refractivity contribution in [3.8, 4) is 0 Å². The second kappa shape index (κ2) is 10.4. The minimum Gasteiger partial charge on any atom is -0.334 e. The molecule has 35 heavy (non-hydrogen) atoms. The maximum absolute atomic E-state index is 13.4. The third-order valence-corrected chi connectivity index (χ3v) is 7.74. The molecule has 1 amide bonds. The topological polar surface area (TPSA) is 72.1 Å². The fourth-order valence-corrected chi connectivity index (χ4v) is 5.65. The molecule has 1 aromatic heterocycles. The fourth-order valence-electron chi connectivity index (χ4n) is 5.46. The van der Waals surface area contributed by atoms with E-state index < -0.39 is 17.9 Å². The molecule has 2 N–H and O–H groups in total. The Balaban J connectivity index is 0.00000171. The largest absolute Gasteiger partial charge is 0.451 e. The summed E-state index contributed by atoms with van der Waals surface area (Å²) in [6, 6.07) is 7.69. The Hall–Kier alpha value is -1.61. The Morgan fingerprint density at radius 2 is 1.80 bits per heavy atom. The third-order valence-electron chi connectivity index (χ3n) is 7.50. The van der Waals surface area contributed by atoms with E-state index in [1.165, 1.54) is 0 Å². The van der Waals surface area contributed by atoms with Crippen molar-refractivity contribution in [3.05, 3.63) is 57.6 Å². The lowest BCUT2D eigenvalue weighted by molar-refractivity contribution is -0.145. The molecule has 2 aromatic rings. The van der Waals surface area contributed by atoms with E-state index in [1.807, 2.05) is 24.3 Å². The molecule has 3 aliphatic rings. The van der Waals surface area contributed by atoms with E-state index in [1.54, 1.807) is 4.90 Å². The van der Waals surface area contributed by atoms with Crippen molar-refractivity contribution in [3.63, 3.8) is 0 Å². The lowest BCUT2D eigenvalue weighted by Crippen LogP contribution is -2.50. The number of aromatic nitrogens is 2. The summed E-state index contributed by atoms with van der Waals surface area (Å²) in [5, 5.41) is 0.664. The second-order valence-corrected chi connectivity index (χ2v) is 9.94.